The van der Waals surface area contributed by atoms with Gasteiger partial charge in [0.15, 0.2) is 5.96 Å². The molecule has 13 amide bonds. The Bertz CT molecular complexity index is 3220. The Morgan fingerprint density at radius 3 is 1.49 bits per heavy atom. The number of likely N-dealkylation sites (tertiary alicyclic amines) is 1. The van der Waals surface area contributed by atoms with Crippen molar-refractivity contribution in [3.8, 4) is 5.75 Å². The van der Waals surface area contributed by atoms with Crippen LogP contribution in [0, 0.1) is 5.92 Å². The number of primary amides is 2. The number of carboxylic acid groups (broad SMARTS) is 2. The highest BCUT2D eigenvalue weighted by atomic mass is 32.2. The lowest BCUT2D eigenvalue weighted by atomic mass is 10.00. The van der Waals surface area contributed by atoms with E-state index in [4.69, 9.17) is 28.7 Å². The number of nitrogens with zero attached hydrogens (tertiary/aromatic N) is 2. The molecule has 0 aliphatic carbocycles. The van der Waals surface area contributed by atoms with Gasteiger partial charge in [-0.25, -0.2) is 4.79 Å². The number of phenols is 1. The maximum absolute atomic E-state index is 14.5. The lowest BCUT2D eigenvalue weighted by Gasteiger charge is -2.30. The van der Waals surface area contributed by atoms with Crippen molar-refractivity contribution in [3.05, 3.63) is 65.7 Å². The summed E-state index contributed by atoms with van der Waals surface area (Å²) in [5, 5.41) is 74.6. The molecular formula is C62H93N17O20S. The maximum atomic E-state index is 14.5. The molecule has 0 radical (unpaired) electrons. The Labute approximate surface area is 579 Å². The third-order valence-electron chi connectivity index (χ3n) is 15.5. The van der Waals surface area contributed by atoms with E-state index in [1.165, 1.54) is 56.8 Å². The van der Waals surface area contributed by atoms with E-state index in [0.717, 1.165) is 4.90 Å². The quantitative estimate of drug-likeness (QED) is 0.0167. The summed E-state index contributed by atoms with van der Waals surface area (Å²) in [6.45, 7) is 1.83. The van der Waals surface area contributed by atoms with Gasteiger partial charge in [-0.05, 0) is 93.1 Å². The zero-order valence-corrected chi connectivity index (χ0v) is 56.6. The summed E-state index contributed by atoms with van der Waals surface area (Å²) in [4.78, 5) is 206. The van der Waals surface area contributed by atoms with Gasteiger partial charge < -0.3 is 112 Å². The van der Waals surface area contributed by atoms with E-state index in [9.17, 15) is 97.5 Å². The van der Waals surface area contributed by atoms with Gasteiger partial charge in [-0.1, -0.05) is 56.3 Å². The average Bonchev–Trinajstić information content (AvgIpc) is 1.63. The van der Waals surface area contributed by atoms with Gasteiger partial charge in [0.1, 0.15) is 72.2 Å². The van der Waals surface area contributed by atoms with Crippen LogP contribution >= 0.6 is 11.8 Å². The Kier molecular flexibility index (Phi) is 35.8. The molecule has 12 atom stereocenters. The lowest BCUT2D eigenvalue weighted by molar-refractivity contribution is -0.145. The molecule has 1 aliphatic heterocycles. The van der Waals surface area contributed by atoms with Gasteiger partial charge in [0.2, 0.25) is 76.8 Å². The van der Waals surface area contributed by atoms with Crippen LogP contribution in [0.4, 0.5) is 0 Å². The summed E-state index contributed by atoms with van der Waals surface area (Å²) in [5.41, 5.74) is 28.2. The fraction of sp³-hybridized carbons (Fsp3) is 0.548. The summed E-state index contributed by atoms with van der Waals surface area (Å²) in [6, 6.07) is -5.41. The number of phenolic OH excluding ortho intramolecular Hbond substituents is 1. The van der Waals surface area contributed by atoms with Crippen LogP contribution in [0.15, 0.2) is 59.6 Å². The number of hydrogen-bond acceptors (Lipinski definition) is 21. The van der Waals surface area contributed by atoms with Crippen molar-refractivity contribution in [2.75, 3.05) is 38.3 Å². The van der Waals surface area contributed by atoms with E-state index in [0.29, 0.717) is 5.56 Å². The van der Waals surface area contributed by atoms with Crippen LogP contribution < -0.4 is 81.8 Å². The van der Waals surface area contributed by atoms with E-state index in [1.54, 1.807) is 36.6 Å². The molecule has 1 aliphatic rings. The molecular weight excluding hydrogens is 1330 g/mol. The SMILES string of the molecule is CSCC[C@H](NC(=O)[C@H](CO)NC(=O)[C@H](CCC(N)=O)NC(=O)[C@H](C)N)C(=O)N[C@@H](CC(=O)O)C(=O)N[C@H](C(=O)N[C@@H](Cc1ccc(O)cc1)C(=O)N[C@@H](CO)C(=O)N[C@@H](CCCN=C(N)N)C(=O)N[C@@H](CCC(N)=O)C(=O)N1CCC[C@H]1C(=O)N[C@@H](Cc1ccccc1)C(=O)O)C(C)C. The topological polar surface area (TPSA) is 623 Å². The monoisotopic (exact) mass is 1430 g/mol. The molecule has 0 spiro atoms. The summed E-state index contributed by atoms with van der Waals surface area (Å²) in [7, 11) is 0. The van der Waals surface area contributed by atoms with Gasteiger partial charge in [0.05, 0.1) is 25.7 Å². The average molecular weight is 1430 g/mol. The second-order valence-corrected chi connectivity index (χ2v) is 24.8. The maximum Gasteiger partial charge on any atom is 0.326 e. The highest BCUT2D eigenvalue weighted by Gasteiger charge is 2.41. The number of carbonyl (C=O) groups is 15. The van der Waals surface area contributed by atoms with E-state index in [2.05, 4.69) is 58.2 Å². The zero-order chi connectivity index (χ0) is 74.9. The summed E-state index contributed by atoms with van der Waals surface area (Å²) >= 11 is 1.21. The molecule has 25 N–H and O–H groups in total. The van der Waals surface area contributed by atoms with Crippen LogP contribution in [0.1, 0.15) is 96.1 Å². The number of benzene rings is 2. The Hall–Kier alpha value is -10.2. The second-order valence-electron chi connectivity index (χ2n) is 23.9. The van der Waals surface area contributed by atoms with Crippen molar-refractivity contribution in [3.63, 3.8) is 0 Å². The molecule has 0 saturated carbocycles. The van der Waals surface area contributed by atoms with E-state index in [-0.39, 0.29) is 81.1 Å². The molecule has 1 fully saturated rings. The van der Waals surface area contributed by atoms with Gasteiger partial charge in [-0.15, -0.1) is 0 Å². The third kappa shape index (κ3) is 29.1. The van der Waals surface area contributed by atoms with Crippen molar-refractivity contribution in [1.29, 1.82) is 0 Å². The van der Waals surface area contributed by atoms with Crippen molar-refractivity contribution in [2.45, 2.75) is 170 Å². The number of carbonyl (C=O) groups excluding carboxylic acids is 13. The minimum absolute atomic E-state index is 0.0263. The fourth-order valence-electron chi connectivity index (χ4n) is 10.0. The van der Waals surface area contributed by atoms with Crippen molar-refractivity contribution in [2.24, 2.45) is 39.6 Å². The number of rotatable bonds is 44. The minimum atomic E-state index is -1.99. The molecule has 2 aromatic rings. The molecule has 0 bridgehead atoms. The summed E-state index contributed by atoms with van der Waals surface area (Å²) < 4.78 is 0. The third-order valence-corrected chi connectivity index (χ3v) is 16.1. The first-order chi connectivity index (χ1) is 47.2. The van der Waals surface area contributed by atoms with Crippen LogP contribution in [-0.4, -0.2) is 236 Å². The number of aliphatic hydroxyl groups excluding tert-OH is 2. The molecule has 38 heteroatoms. The number of aliphatic carboxylic acids is 2. The van der Waals surface area contributed by atoms with Gasteiger partial charge in [-0.3, -0.25) is 72.1 Å². The molecule has 1 heterocycles. The number of nitrogens with two attached hydrogens (primary N) is 5. The first-order valence-corrected chi connectivity index (χ1v) is 33.3. The Morgan fingerprint density at radius 2 is 0.990 bits per heavy atom. The van der Waals surface area contributed by atoms with Crippen LogP contribution in [0.25, 0.3) is 0 Å². The van der Waals surface area contributed by atoms with Crippen molar-refractivity contribution < 1.29 is 97.5 Å². The fourth-order valence-corrected chi connectivity index (χ4v) is 10.5. The van der Waals surface area contributed by atoms with Gasteiger partial charge in [-0.2, -0.15) is 11.8 Å². The van der Waals surface area contributed by atoms with Crippen molar-refractivity contribution >= 4 is 106 Å². The number of hydrogen-bond donors (Lipinski definition) is 20. The number of nitrogens with one attached hydrogen (secondary N) is 10. The predicted molar refractivity (Wildman–Crippen MR) is 358 cm³/mol. The lowest BCUT2D eigenvalue weighted by Crippen LogP contribution is -2.62. The second kappa shape index (κ2) is 42.6. The summed E-state index contributed by atoms with van der Waals surface area (Å²) in [5.74, 6) is -17.6. The number of guanidine groups is 1. The van der Waals surface area contributed by atoms with Crippen LogP contribution in [0.3, 0.4) is 0 Å². The van der Waals surface area contributed by atoms with Gasteiger partial charge in [0, 0.05) is 38.8 Å². The smallest absolute Gasteiger partial charge is 0.326 e. The highest BCUT2D eigenvalue weighted by Crippen LogP contribution is 2.21. The predicted octanol–water partition coefficient (Wildman–Crippen LogP) is -7.10. The molecule has 552 valence electrons. The van der Waals surface area contributed by atoms with Crippen LogP contribution in [-0.2, 0) is 84.8 Å². The molecule has 0 aromatic heterocycles. The Balaban J connectivity index is 1.92. The number of thioether (sulfide) groups is 1. The first kappa shape index (κ1) is 84.0. The molecule has 3 rings (SSSR count). The first-order valence-electron chi connectivity index (χ1n) is 31.9. The van der Waals surface area contributed by atoms with Crippen molar-refractivity contribution in [1.82, 2.24) is 58.1 Å². The zero-order valence-electron chi connectivity index (χ0n) is 55.8. The molecule has 1 saturated heterocycles. The van der Waals surface area contributed by atoms with Gasteiger partial charge in [0.25, 0.3) is 0 Å². The molecule has 2 aromatic carbocycles. The standard InChI is InChI=1S/C62H93N17O20S/c1-31(2)49(78-55(92)41(28-48(85)86)73-53(90)38(22-25-100-4)71-57(94)43(29-80)76-52(89)37(18-20-46(64)83)69-50(87)32(3)63)59(96)74-40(26-34-14-16-35(82)17-15-34)54(91)77-44(30-81)56(93)70-36(12-8-23-68-62(66)67)51(88)72-39(19-21-47(65)84)60(97)79-24-9-13-45(79)58(95)75-42(61(98)99)27-33-10-6-5-7-11-33/h5-7,10-11,14-17,31-32,36-45,49,80-82H,8-9,12-13,18-30,63H2,1-4H3,(H2,64,83)(H2,65,84)(H,69,87)(H,70,93)(H,71,94)(H,72,88)(H,73,90)(H,74,96)(H,75,95)(H,76,89)(H,77,91)(H,78,92)(H,85,86)(H,98,99)(H4,66,67,68)/t32-,36-,37-,38-,39-,40-,41-,42-,43-,44-,45-,49-/m0/s1. The van der Waals surface area contributed by atoms with Crippen LogP contribution in [0.2, 0.25) is 0 Å². The normalized spacial score (nSPS) is 15.8. The molecule has 37 nitrogen and oxygen atoms in total. The van der Waals surface area contributed by atoms with Gasteiger partial charge >= 0.3 is 11.9 Å². The summed E-state index contributed by atoms with van der Waals surface area (Å²) in [6.07, 6.45) is -1.72. The van der Waals surface area contributed by atoms with Crippen LogP contribution in [0.5, 0.6) is 5.75 Å². The van der Waals surface area contributed by atoms with E-state index in [1.807, 2.05) is 0 Å². The Morgan fingerprint density at radius 1 is 0.540 bits per heavy atom. The highest BCUT2D eigenvalue weighted by molar-refractivity contribution is 7.98. The number of carboxylic acids is 2. The number of amides is 13. The molecule has 0 unspecified atom stereocenters. The van der Waals surface area contributed by atoms with E-state index < -0.39 is 212 Å². The largest absolute Gasteiger partial charge is 0.508 e. The minimum Gasteiger partial charge on any atom is -0.508 e. The number of aliphatic hydroxyl groups is 2. The number of aliphatic imine (C=N–C) groups is 1. The number of aromatic hydroxyl groups is 1. The molecule has 100 heavy (non-hydrogen) atoms. The van der Waals surface area contributed by atoms with E-state index >= 15 is 0 Å².